The van der Waals surface area contributed by atoms with E-state index in [2.05, 4.69) is 0 Å². The smallest absolute Gasteiger partial charge is 0.228 e. The molecule has 4 heteroatoms. The Balaban J connectivity index is 2.04. The van der Waals surface area contributed by atoms with Crippen LogP contribution in [0.4, 0.5) is 11.4 Å². The van der Waals surface area contributed by atoms with Crippen LogP contribution in [0.5, 0.6) is 0 Å². The molecule has 0 saturated carbocycles. The second-order valence-electron chi connectivity index (χ2n) is 5.55. The van der Waals surface area contributed by atoms with Gasteiger partial charge in [-0.25, -0.2) is 0 Å². The summed E-state index contributed by atoms with van der Waals surface area (Å²) in [6.07, 6.45) is 0.277. The van der Waals surface area contributed by atoms with E-state index < -0.39 is 0 Å². The summed E-state index contributed by atoms with van der Waals surface area (Å²) in [7, 11) is 1.75. The molecule has 2 aromatic carbocycles. The summed E-state index contributed by atoms with van der Waals surface area (Å²) in [6, 6.07) is 17.2. The molecule has 0 atom stereocenters. The first-order chi connectivity index (χ1) is 11.0. The van der Waals surface area contributed by atoms with Crippen LogP contribution in [0.2, 0.25) is 0 Å². The van der Waals surface area contributed by atoms with Crippen molar-refractivity contribution in [1.82, 2.24) is 0 Å². The van der Waals surface area contributed by atoms with E-state index in [0.29, 0.717) is 6.54 Å². The number of carbonyl (C=O) groups is 2. The van der Waals surface area contributed by atoms with Crippen molar-refractivity contribution in [3.8, 4) is 0 Å². The van der Waals surface area contributed by atoms with Gasteiger partial charge in [-0.3, -0.25) is 9.59 Å². The van der Waals surface area contributed by atoms with Gasteiger partial charge < -0.3 is 9.80 Å². The average Bonchev–Trinajstić information content (AvgIpc) is 2.54. The molecule has 0 aliphatic carbocycles. The number of rotatable bonds is 5. The van der Waals surface area contributed by atoms with E-state index in [1.807, 2.05) is 61.5 Å². The fourth-order valence-corrected chi connectivity index (χ4v) is 2.43. The number of hydrogen-bond acceptors (Lipinski definition) is 2. The van der Waals surface area contributed by atoms with Gasteiger partial charge in [0, 0.05) is 38.3 Å². The Hall–Kier alpha value is -2.62. The standard InChI is InChI=1S/C19H22N2O2/c1-15-8-7-11-18(14-15)21(16(2)22)13-12-19(23)20(3)17-9-5-4-6-10-17/h4-11,14H,12-13H2,1-3H3. The maximum Gasteiger partial charge on any atom is 0.228 e. The van der Waals surface area contributed by atoms with E-state index in [1.165, 1.54) is 6.92 Å². The lowest BCUT2D eigenvalue weighted by Crippen LogP contribution is -2.34. The van der Waals surface area contributed by atoms with Gasteiger partial charge in [-0.05, 0) is 36.8 Å². The highest BCUT2D eigenvalue weighted by atomic mass is 16.2. The number of anilines is 2. The predicted molar refractivity (Wildman–Crippen MR) is 93.7 cm³/mol. The molecule has 0 fully saturated rings. The fraction of sp³-hybridized carbons (Fsp3) is 0.263. The number of aryl methyl sites for hydroxylation is 1. The van der Waals surface area contributed by atoms with Gasteiger partial charge in [0.05, 0.1) is 0 Å². The van der Waals surface area contributed by atoms with Gasteiger partial charge in [-0.1, -0.05) is 30.3 Å². The molecule has 23 heavy (non-hydrogen) atoms. The molecule has 0 heterocycles. The molecular weight excluding hydrogens is 288 g/mol. The van der Waals surface area contributed by atoms with Gasteiger partial charge in [0.15, 0.2) is 0 Å². The minimum atomic E-state index is -0.0641. The number of amides is 2. The lowest BCUT2D eigenvalue weighted by Gasteiger charge is -2.23. The fourth-order valence-electron chi connectivity index (χ4n) is 2.43. The van der Waals surface area contributed by atoms with Crippen LogP contribution in [0.3, 0.4) is 0 Å². The van der Waals surface area contributed by atoms with E-state index in [9.17, 15) is 9.59 Å². The largest absolute Gasteiger partial charge is 0.315 e. The molecule has 0 spiro atoms. The first kappa shape index (κ1) is 16.7. The third kappa shape index (κ3) is 4.42. The third-order valence-electron chi connectivity index (χ3n) is 3.76. The second kappa shape index (κ2) is 7.58. The molecule has 2 rings (SSSR count). The number of para-hydroxylation sites is 1. The molecule has 0 bridgehead atoms. The normalized spacial score (nSPS) is 10.2. The number of benzene rings is 2. The summed E-state index contributed by atoms with van der Waals surface area (Å²) in [5, 5.41) is 0. The average molecular weight is 310 g/mol. The Labute approximate surface area is 137 Å². The van der Waals surface area contributed by atoms with Crippen molar-refractivity contribution in [3.63, 3.8) is 0 Å². The molecule has 0 unspecified atom stereocenters. The summed E-state index contributed by atoms with van der Waals surface area (Å²) in [5.74, 6) is -0.0825. The van der Waals surface area contributed by atoms with Crippen molar-refractivity contribution in [3.05, 3.63) is 60.2 Å². The molecule has 0 aliphatic heterocycles. The van der Waals surface area contributed by atoms with Crippen LogP contribution < -0.4 is 9.80 Å². The number of hydrogen-bond donors (Lipinski definition) is 0. The van der Waals surface area contributed by atoms with Crippen molar-refractivity contribution < 1.29 is 9.59 Å². The second-order valence-corrected chi connectivity index (χ2v) is 5.55. The summed E-state index contributed by atoms with van der Waals surface area (Å²) in [5.41, 5.74) is 2.76. The quantitative estimate of drug-likeness (QED) is 0.849. The maximum absolute atomic E-state index is 12.4. The lowest BCUT2D eigenvalue weighted by molar-refractivity contribution is -0.118. The highest BCUT2D eigenvalue weighted by molar-refractivity contribution is 5.95. The zero-order chi connectivity index (χ0) is 16.8. The van der Waals surface area contributed by atoms with Crippen molar-refractivity contribution in [2.45, 2.75) is 20.3 Å². The highest BCUT2D eigenvalue weighted by Crippen LogP contribution is 2.18. The van der Waals surface area contributed by atoms with Gasteiger partial charge in [0.1, 0.15) is 0 Å². The molecule has 2 aromatic rings. The molecule has 0 aliphatic rings. The minimum Gasteiger partial charge on any atom is -0.315 e. The molecule has 2 amide bonds. The van der Waals surface area contributed by atoms with Gasteiger partial charge in [0.2, 0.25) is 11.8 Å². The molecule has 0 aromatic heterocycles. The van der Waals surface area contributed by atoms with Gasteiger partial charge in [-0.15, -0.1) is 0 Å². The summed E-state index contributed by atoms with van der Waals surface area (Å²) in [6.45, 7) is 3.87. The van der Waals surface area contributed by atoms with Gasteiger partial charge >= 0.3 is 0 Å². The predicted octanol–water partition coefficient (Wildman–Crippen LogP) is 3.40. The van der Waals surface area contributed by atoms with Crippen molar-refractivity contribution >= 4 is 23.2 Å². The summed E-state index contributed by atoms with van der Waals surface area (Å²) in [4.78, 5) is 27.5. The summed E-state index contributed by atoms with van der Waals surface area (Å²) < 4.78 is 0. The molecule has 0 N–H and O–H groups in total. The zero-order valence-corrected chi connectivity index (χ0v) is 13.8. The lowest BCUT2D eigenvalue weighted by atomic mass is 10.2. The van der Waals surface area contributed by atoms with Crippen molar-refractivity contribution in [2.24, 2.45) is 0 Å². The Morgan fingerprint density at radius 2 is 1.61 bits per heavy atom. The van der Waals surface area contributed by atoms with E-state index in [0.717, 1.165) is 16.9 Å². The molecule has 120 valence electrons. The van der Waals surface area contributed by atoms with E-state index >= 15 is 0 Å². The monoisotopic (exact) mass is 310 g/mol. The zero-order valence-electron chi connectivity index (χ0n) is 13.8. The van der Waals surface area contributed by atoms with Crippen LogP contribution in [-0.2, 0) is 9.59 Å². The number of nitrogens with zero attached hydrogens (tertiary/aromatic N) is 2. The Kier molecular flexibility index (Phi) is 5.52. The molecule has 0 saturated heterocycles. The van der Waals surface area contributed by atoms with Gasteiger partial charge in [0.25, 0.3) is 0 Å². The molecular formula is C19H22N2O2. The first-order valence-electron chi connectivity index (χ1n) is 7.65. The topological polar surface area (TPSA) is 40.6 Å². The SMILES string of the molecule is CC(=O)N(CCC(=O)N(C)c1ccccc1)c1cccc(C)c1. The Morgan fingerprint density at radius 3 is 2.22 bits per heavy atom. The summed E-state index contributed by atoms with van der Waals surface area (Å²) >= 11 is 0. The first-order valence-corrected chi connectivity index (χ1v) is 7.65. The van der Waals surface area contributed by atoms with Crippen LogP contribution in [-0.4, -0.2) is 25.4 Å². The van der Waals surface area contributed by atoms with Gasteiger partial charge in [-0.2, -0.15) is 0 Å². The molecule has 4 nitrogen and oxygen atoms in total. The minimum absolute atomic E-state index is 0.0184. The molecule has 0 radical (unpaired) electrons. The van der Waals surface area contributed by atoms with Crippen molar-refractivity contribution in [2.75, 3.05) is 23.4 Å². The van der Waals surface area contributed by atoms with Crippen molar-refractivity contribution in [1.29, 1.82) is 0 Å². The third-order valence-corrected chi connectivity index (χ3v) is 3.76. The van der Waals surface area contributed by atoms with Crippen LogP contribution in [0.15, 0.2) is 54.6 Å². The Bertz CT molecular complexity index is 683. The van der Waals surface area contributed by atoms with Crippen LogP contribution in [0.25, 0.3) is 0 Å². The van der Waals surface area contributed by atoms with Crippen LogP contribution in [0.1, 0.15) is 18.9 Å². The highest BCUT2D eigenvalue weighted by Gasteiger charge is 2.16. The van der Waals surface area contributed by atoms with Crippen LogP contribution >= 0.6 is 0 Å². The van der Waals surface area contributed by atoms with E-state index in [4.69, 9.17) is 0 Å². The van der Waals surface area contributed by atoms with Crippen LogP contribution in [0, 0.1) is 6.92 Å². The van der Waals surface area contributed by atoms with E-state index in [1.54, 1.807) is 16.8 Å². The maximum atomic E-state index is 12.4. The Morgan fingerprint density at radius 1 is 0.957 bits per heavy atom. The van der Waals surface area contributed by atoms with E-state index in [-0.39, 0.29) is 18.2 Å². The number of carbonyl (C=O) groups excluding carboxylic acids is 2.